The maximum absolute atomic E-state index is 12.3. The van der Waals surface area contributed by atoms with Crippen molar-refractivity contribution in [2.45, 2.75) is 25.8 Å². The second-order valence-corrected chi connectivity index (χ2v) is 6.93. The number of hydrogen-bond acceptors (Lipinski definition) is 3. The zero-order valence-electron chi connectivity index (χ0n) is 10.0. The Bertz CT molecular complexity index is 340. The van der Waals surface area contributed by atoms with Crippen LogP contribution in [0.5, 0.6) is 0 Å². The molecule has 0 saturated carbocycles. The van der Waals surface area contributed by atoms with Gasteiger partial charge in [0.2, 0.25) is 0 Å². The molecule has 6 heteroatoms. The fraction of sp³-hybridized carbons (Fsp3) is 1.00. The first kappa shape index (κ1) is 12.3. The molecule has 0 aromatic heterocycles. The Hall–Kier alpha value is -0.170. The average molecular weight is 247 g/mol. The van der Waals surface area contributed by atoms with Crippen molar-refractivity contribution in [1.82, 2.24) is 13.9 Å². The molecular weight excluding hydrogens is 226 g/mol. The summed E-state index contributed by atoms with van der Waals surface area (Å²) in [6.45, 7) is 5.02. The van der Waals surface area contributed by atoms with Crippen LogP contribution in [0.3, 0.4) is 0 Å². The molecule has 0 amide bonds. The van der Waals surface area contributed by atoms with Gasteiger partial charge < -0.3 is 5.32 Å². The summed E-state index contributed by atoms with van der Waals surface area (Å²) in [7, 11) is -1.53. The Morgan fingerprint density at radius 1 is 1.38 bits per heavy atom. The van der Waals surface area contributed by atoms with Gasteiger partial charge in [-0.3, -0.25) is 0 Å². The molecule has 16 heavy (non-hydrogen) atoms. The summed E-state index contributed by atoms with van der Waals surface area (Å²) in [6, 6.07) is 0.141. The van der Waals surface area contributed by atoms with Crippen LogP contribution in [0.2, 0.25) is 0 Å². The zero-order chi connectivity index (χ0) is 11.8. The van der Waals surface area contributed by atoms with E-state index in [1.54, 1.807) is 11.4 Å². The largest absolute Gasteiger partial charge is 0.313 e. The minimum Gasteiger partial charge on any atom is -0.313 e. The van der Waals surface area contributed by atoms with Gasteiger partial charge in [-0.25, -0.2) is 0 Å². The minimum atomic E-state index is -3.23. The quantitative estimate of drug-likeness (QED) is 0.755. The van der Waals surface area contributed by atoms with Gasteiger partial charge in [-0.05, 0) is 18.8 Å². The molecule has 0 spiro atoms. The summed E-state index contributed by atoms with van der Waals surface area (Å²) >= 11 is 0. The minimum absolute atomic E-state index is 0.141. The summed E-state index contributed by atoms with van der Waals surface area (Å²) in [5.74, 6) is 0.483. The molecule has 2 rings (SSSR count). The Morgan fingerprint density at radius 2 is 2.06 bits per heavy atom. The Kier molecular flexibility index (Phi) is 3.53. The van der Waals surface area contributed by atoms with Crippen LogP contribution in [0.25, 0.3) is 0 Å². The lowest BCUT2D eigenvalue weighted by Crippen LogP contribution is -2.60. The predicted octanol–water partition coefficient (Wildman–Crippen LogP) is -0.133. The molecule has 94 valence electrons. The molecule has 0 bridgehead atoms. The van der Waals surface area contributed by atoms with Gasteiger partial charge in [0.15, 0.2) is 0 Å². The van der Waals surface area contributed by atoms with Gasteiger partial charge in [0, 0.05) is 33.2 Å². The maximum Gasteiger partial charge on any atom is 0.282 e. The van der Waals surface area contributed by atoms with Crippen molar-refractivity contribution in [3.05, 3.63) is 0 Å². The molecule has 2 fully saturated rings. The number of piperidine rings is 1. The number of nitrogens with zero attached hydrogens (tertiary/aromatic N) is 2. The summed E-state index contributed by atoms with van der Waals surface area (Å²) in [4.78, 5) is 0. The van der Waals surface area contributed by atoms with Crippen LogP contribution in [0.1, 0.15) is 19.8 Å². The van der Waals surface area contributed by atoms with Gasteiger partial charge in [0.05, 0.1) is 6.04 Å². The molecular formula is C10H21N3O2S. The second kappa shape index (κ2) is 4.60. The first-order valence-electron chi connectivity index (χ1n) is 5.95. The Labute approximate surface area is 98.0 Å². The summed E-state index contributed by atoms with van der Waals surface area (Å²) < 4.78 is 27.7. The van der Waals surface area contributed by atoms with E-state index >= 15 is 0 Å². The summed E-state index contributed by atoms with van der Waals surface area (Å²) in [6.07, 6.45) is 2.12. The lowest BCUT2D eigenvalue weighted by molar-refractivity contribution is 0.226. The molecule has 5 nitrogen and oxygen atoms in total. The van der Waals surface area contributed by atoms with Crippen LogP contribution < -0.4 is 5.32 Å². The zero-order valence-corrected chi connectivity index (χ0v) is 10.8. The highest BCUT2D eigenvalue weighted by Gasteiger charge is 2.36. The van der Waals surface area contributed by atoms with Gasteiger partial charge in [0.1, 0.15) is 0 Å². The Balaban J connectivity index is 2.05. The normalized spacial score (nSPS) is 29.3. The van der Waals surface area contributed by atoms with Gasteiger partial charge in [0.25, 0.3) is 10.2 Å². The van der Waals surface area contributed by atoms with Gasteiger partial charge in [-0.1, -0.05) is 6.92 Å². The first-order chi connectivity index (χ1) is 7.51. The van der Waals surface area contributed by atoms with Crippen molar-refractivity contribution >= 4 is 10.2 Å². The van der Waals surface area contributed by atoms with Gasteiger partial charge in [-0.2, -0.15) is 17.0 Å². The van der Waals surface area contributed by atoms with E-state index in [1.807, 2.05) is 0 Å². The smallest absolute Gasteiger partial charge is 0.282 e. The van der Waals surface area contributed by atoms with Crippen LogP contribution in [-0.2, 0) is 10.2 Å². The van der Waals surface area contributed by atoms with E-state index < -0.39 is 10.2 Å². The third-order valence-electron chi connectivity index (χ3n) is 3.58. The van der Waals surface area contributed by atoms with E-state index in [0.717, 1.165) is 25.9 Å². The molecule has 0 radical (unpaired) electrons. The van der Waals surface area contributed by atoms with Crippen molar-refractivity contribution in [3.63, 3.8) is 0 Å². The molecule has 2 saturated heterocycles. The van der Waals surface area contributed by atoms with Crippen molar-refractivity contribution < 1.29 is 8.42 Å². The van der Waals surface area contributed by atoms with E-state index in [4.69, 9.17) is 0 Å². The molecule has 1 unspecified atom stereocenters. The predicted molar refractivity (Wildman–Crippen MR) is 63.3 cm³/mol. The van der Waals surface area contributed by atoms with Crippen LogP contribution in [0.4, 0.5) is 0 Å². The Morgan fingerprint density at radius 3 is 2.56 bits per heavy atom. The van der Waals surface area contributed by atoms with Crippen LogP contribution in [0.15, 0.2) is 0 Å². The highest BCUT2D eigenvalue weighted by atomic mass is 32.2. The first-order valence-corrected chi connectivity index (χ1v) is 7.35. The van der Waals surface area contributed by atoms with Crippen LogP contribution in [0, 0.1) is 5.92 Å². The van der Waals surface area contributed by atoms with E-state index in [2.05, 4.69) is 12.2 Å². The fourth-order valence-electron chi connectivity index (χ4n) is 2.26. The third-order valence-corrected chi connectivity index (χ3v) is 5.59. The van der Waals surface area contributed by atoms with Gasteiger partial charge in [-0.15, -0.1) is 0 Å². The van der Waals surface area contributed by atoms with E-state index in [9.17, 15) is 8.42 Å². The van der Waals surface area contributed by atoms with E-state index in [0.29, 0.717) is 19.0 Å². The lowest BCUT2D eigenvalue weighted by atomic mass is 10.0. The van der Waals surface area contributed by atoms with E-state index in [-0.39, 0.29) is 6.04 Å². The molecule has 0 aromatic carbocycles. The highest BCUT2D eigenvalue weighted by molar-refractivity contribution is 7.86. The molecule has 2 aliphatic heterocycles. The molecule has 1 atom stereocenters. The van der Waals surface area contributed by atoms with Crippen molar-refractivity contribution in [1.29, 1.82) is 0 Å². The maximum atomic E-state index is 12.3. The lowest BCUT2D eigenvalue weighted by Gasteiger charge is -2.39. The van der Waals surface area contributed by atoms with Crippen molar-refractivity contribution in [2.24, 2.45) is 5.92 Å². The van der Waals surface area contributed by atoms with Gasteiger partial charge >= 0.3 is 0 Å². The monoisotopic (exact) mass is 247 g/mol. The van der Waals surface area contributed by atoms with E-state index in [1.165, 1.54) is 4.31 Å². The number of nitrogens with one attached hydrogen (secondary N) is 1. The third kappa shape index (κ3) is 2.25. The molecule has 1 N–H and O–H groups in total. The number of likely N-dealkylation sites (N-methyl/N-ethyl adjacent to an activating group) is 1. The summed E-state index contributed by atoms with van der Waals surface area (Å²) in [5, 5.41) is 3.10. The summed E-state index contributed by atoms with van der Waals surface area (Å²) in [5.41, 5.74) is 0. The molecule has 0 aromatic rings. The molecule has 0 aliphatic carbocycles. The standard InChI is InChI=1S/C10H21N3O2S/c1-9-4-3-5-13(8-9)16(14,15)12(2)10-6-11-7-10/h9-11H,3-8H2,1-2H3. The van der Waals surface area contributed by atoms with Crippen molar-refractivity contribution in [2.75, 3.05) is 33.2 Å². The van der Waals surface area contributed by atoms with Crippen LogP contribution in [-0.4, -0.2) is 56.3 Å². The SMILES string of the molecule is CC1CCCN(S(=O)(=O)N(C)C2CNC2)C1. The average Bonchev–Trinajstić information content (AvgIpc) is 2.15. The van der Waals surface area contributed by atoms with Crippen molar-refractivity contribution in [3.8, 4) is 0 Å². The second-order valence-electron chi connectivity index (χ2n) is 4.94. The molecule has 2 aliphatic rings. The number of rotatable bonds is 3. The van der Waals surface area contributed by atoms with Crippen LogP contribution >= 0.6 is 0 Å². The highest BCUT2D eigenvalue weighted by Crippen LogP contribution is 2.21. The topological polar surface area (TPSA) is 52.7 Å². The number of hydrogen-bond donors (Lipinski definition) is 1. The fourth-order valence-corrected chi connectivity index (χ4v) is 3.95. The molecule has 2 heterocycles.